The molecule has 1 amide bonds. The van der Waals surface area contributed by atoms with E-state index >= 15 is 0 Å². The Labute approximate surface area is 144 Å². The zero-order chi connectivity index (χ0) is 17.2. The first kappa shape index (κ1) is 16.9. The minimum absolute atomic E-state index is 0.0478. The van der Waals surface area contributed by atoms with E-state index in [1.807, 2.05) is 4.90 Å². The number of carbonyl (C=O) groups excluding carboxylic acids is 1. The Hall–Kier alpha value is -1.90. The number of nitrogens with zero attached hydrogens (tertiary/aromatic N) is 4. The number of carbonyl (C=O) groups is 1. The maximum atomic E-state index is 12.7. The smallest absolute Gasteiger partial charge is 0.253 e. The zero-order valence-corrected chi connectivity index (χ0v) is 14.7. The fraction of sp³-hybridized carbons (Fsp3) is 0.579. The van der Waals surface area contributed by atoms with Crippen LogP contribution in [0.1, 0.15) is 35.2 Å². The quantitative estimate of drug-likeness (QED) is 0.790. The summed E-state index contributed by atoms with van der Waals surface area (Å²) >= 11 is 0. The van der Waals surface area contributed by atoms with Crippen molar-refractivity contribution in [1.82, 2.24) is 14.7 Å². The molecule has 2 aliphatic rings. The highest BCUT2D eigenvalue weighted by Crippen LogP contribution is 2.31. The molecule has 3 rings (SSSR count). The molecule has 0 bridgehead atoms. The minimum atomic E-state index is 0.0478. The molecule has 1 spiro atoms. The van der Waals surface area contributed by atoms with Crippen molar-refractivity contribution in [3.63, 3.8) is 0 Å². The number of likely N-dealkylation sites (N-methyl/N-ethyl adjacent to an activating group) is 2. The summed E-state index contributed by atoms with van der Waals surface area (Å²) in [4.78, 5) is 19.6. The molecule has 2 heterocycles. The van der Waals surface area contributed by atoms with E-state index < -0.39 is 0 Å². The Morgan fingerprint density at radius 1 is 1.17 bits per heavy atom. The standard InChI is InChI=1S/C19H26N4O/c1-21-9-4-10-22(2)19(15-21)7-11-23(12-8-19)18(24)17-6-3-5-16(13-17)14-20/h3,5-6,13H,4,7-12,15H2,1-2H3. The summed E-state index contributed by atoms with van der Waals surface area (Å²) in [6.45, 7) is 4.93. The highest BCUT2D eigenvalue weighted by atomic mass is 16.2. The fourth-order valence-corrected chi connectivity index (χ4v) is 4.09. The average molecular weight is 326 g/mol. The second-order valence-corrected chi connectivity index (χ2v) is 7.22. The predicted octanol–water partition coefficient (Wildman–Crippen LogP) is 1.80. The van der Waals surface area contributed by atoms with Crippen molar-refractivity contribution >= 4 is 5.91 Å². The second-order valence-electron chi connectivity index (χ2n) is 7.22. The summed E-state index contributed by atoms with van der Waals surface area (Å²) < 4.78 is 0. The summed E-state index contributed by atoms with van der Waals surface area (Å²) in [6, 6.07) is 9.12. The van der Waals surface area contributed by atoms with Crippen LogP contribution in [0, 0.1) is 11.3 Å². The van der Waals surface area contributed by atoms with Gasteiger partial charge in [0, 0.05) is 30.7 Å². The third-order valence-electron chi connectivity index (χ3n) is 5.63. The highest BCUT2D eigenvalue weighted by Gasteiger charge is 2.41. The van der Waals surface area contributed by atoms with E-state index in [4.69, 9.17) is 5.26 Å². The third kappa shape index (κ3) is 3.31. The lowest BCUT2D eigenvalue weighted by molar-refractivity contribution is 0.0282. The monoisotopic (exact) mass is 326 g/mol. The van der Waals surface area contributed by atoms with Crippen molar-refractivity contribution in [3.05, 3.63) is 35.4 Å². The van der Waals surface area contributed by atoms with Gasteiger partial charge in [0.25, 0.3) is 5.91 Å². The van der Waals surface area contributed by atoms with Crippen molar-refractivity contribution in [3.8, 4) is 6.07 Å². The van der Waals surface area contributed by atoms with Gasteiger partial charge >= 0.3 is 0 Å². The van der Waals surface area contributed by atoms with E-state index in [2.05, 4.69) is 30.0 Å². The summed E-state index contributed by atoms with van der Waals surface area (Å²) in [7, 11) is 4.43. The lowest BCUT2D eigenvalue weighted by Crippen LogP contribution is -2.58. The summed E-state index contributed by atoms with van der Waals surface area (Å²) in [5.41, 5.74) is 1.35. The number of hydrogen-bond acceptors (Lipinski definition) is 4. The van der Waals surface area contributed by atoms with E-state index in [1.165, 1.54) is 6.42 Å². The Balaban J connectivity index is 1.70. The maximum Gasteiger partial charge on any atom is 0.253 e. The Bertz CT molecular complexity index is 643. The van der Waals surface area contributed by atoms with Crippen LogP contribution in [-0.2, 0) is 0 Å². The molecule has 0 unspecified atom stereocenters. The molecule has 0 aliphatic carbocycles. The number of likely N-dealkylation sites (tertiary alicyclic amines) is 1. The molecule has 0 aromatic heterocycles. The molecule has 0 saturated carbocycles. The molecule has 0 atom stereocenters. The Morgan fingerprint density at radius 2 is 1.92 bits per heavy atom. The molecule has 5 heteroatoms. The van der Waals surface area contributed by atoms with E-state index in [-0.39, 0.29) is 11.4 Å². The third-order valence-corrected chi connectivity index (χ3v) is 5.63. The SMILES string of the molecule is CN1CCCN(C)C2(CCN(C(=O)c3cccc(C#N)c3)CC2)C1. The van der Waals surface area contributed by atoms with Crippen LogP contribution in [0.5, 0.6) is 0 Å². The van der Waals surface area contributed by atoms with Crippen LogP contribution in [0.2, 0.25) is 0 Å². The number of benzene rings is 1. The van der Waals surface area contributed by atoms with E-state index in [1.54, 1.807) is 24.3 Å². The second kappa shape index (κ2) is 6.92. The fourth-order valence-electron chi connectivity index (χ4n) is 4.09. The number of rotatable bonds is 1. The predicted molar refractivity (Wildman–Crippen MR) is 93.8 cm³/mol. The van der Waals surface area contributed by atoms with Gasteiger partial charge in [-0.05, 0) is 64.6 Å². The van der Waals surface area contributed by atoms with Gasteiger partial charge in [0.05, 0.1) is 11.6 Å². The van der Waals surface area contributed by atoms with Crippen molar-refractivity contribution in [2.75, 3.05) is 46.8 Å². The number of hydrogen-bond donors (Lipinski definition) is 0. The number of amides is 1. The molecule has 24 heavy (non-hydrogen) atoms. The molecular weight excluding hydrogens is 300 g/mol. The lowest BCUT2D eigenvalue weighted by atomic mass is 9.85. The van der Waals surface area contributed by atoms with Gasteiger partial charge in [-0.15, -0.1) is 0 Å². The van der Waals surface area contributed by atoms with Gasteiger partial charge in [-0.2, -0.15) is 5.26 Å². The minimum Gasteiger partial charge on any atom is -0.339 e. The first-order valence-corrected chi connectivity index (χ1v) is 8.73. The number of piperidine rings is 1. The van der Waals surface area contributed by atoms with Crippen LogP contribution in [0.15, 0.2) is 24.3 Å². The van der Waals surface area contributed by atoms with E-state index in [0.717, 1.165) is 45.6 Å². The molecular formula is C19H26N4O. The van der Waals surface area contributed by atoms with E-state index in [9.17, 15) is 4.79 Å². The number of nitriles is 1. The van der Waals surface area contributed by atoms with Crippen molar-refractivity contribution in [1.29, 1.82) is 5.26 Å². The Kier molecular flexibility index (Phi) is 4.88. The normalized spacial score (nSPS) is 22.1. The van der Waals surface area contributed by atoms with Gasteiger partial charge in [-0.3, -0.25) is 9.69 Å². The summed E-state index contributed by atoms with van der Waals surface area (Å²) in [5, 5.41) is 9.02. The molecule has 0 N–H and O–H groups in total. The van der Waals surface area contributed by atoms with Crippen LogP contribution in [0.25, 0.3) is 0 Å². The zero-order valence-electron chi connectivity index (χ0n) is 14.7. The topological polar surface area (TPSA) is 50.6 Å². The maximum absolute atomic E-state index is 12.7. The summed E-state index contributed by atoms with van der Waals surface area (Å²) in [5.74, 6) is 0.0478. The first-order valence-electron chi connectivity index (χ1n) is 8.73. The van der Waals surface area contributed by atoms with Crippen LogP contribution >= 0.6 is 0 Å². The molecule has 2 fully saturated rings. The average Bonchev–Trinajstić information content (AvgIpc) is 2.74. The van der Waals surface area contributed by atoms with Crippen LogP contribution in [-0.4, -0.2) is 73.0 Å². The van der Waals surface area contributed by atoms with Gasteiger partial charge in [0.1, 0.15) is 0 Å². The van der Waals surface area contributed by atoms with Gasteiger partial charge < -0.3 is 9.80 Å². The molecule has 1 aromatic rings. The molecule has 2 aliphatic heterocycles. The largest absolute Gasteiger partial charge is 0.339 e. The van der Waals surface area contributed by atoms with Gasteiger partial charge in [0.2, 0.25) is 0 Å². The first-order chi connectivity index (χ1) is 11.5. The van der Waals surface area contributed by atoms with Crippen LogP contribution in [0.4, 0.5) is 0 Å². The Morgan fingerprint density at radius 3 is 2.62 bits per heavy atom. The molecule has 0 radical (unpaired) electrons. The lowest BCUT2D eigenvalue weighted by Gasteiger charge is -2.47. The van der Waals surface area contributed by atoms with E-state index in [0.29, 0.717) is 11.1 Å². The van der Waals surface area contributed by atoms with Crippen molar-refractivity contribution in [2.45, 2.75) is 24.8 Å². The van der Waals surface area contributed by atoms with Crippen LogP contribution in [0.3, 0.4) is 0 Å². The molecule has 128 valence electrons. The molecule has 1 aromatic carbocycles. The summed E-state index contributed by atoms with van der Waals surface area (Å²) in [6.07, 6.45) is 3.23. The van der Waals surface area contributed by atoms with Gasteiger partial charge in [-0.25, -0.2) is 0 Å². The van der Waals surface area contributed by atoms with Crippen LogP contribution < -0.4 is 0 Å². The van der Waals surface area contributed by atoms with Gasteiger partial charge in [0.15, 0.2) is 0 Å². The molecule has 5 nitrogen and oxygen atoms in total. The molecule has 2 saturated heterocycles. The van der Waals surface area contributed by atoms with Crippen molar-refractivity contribution < 1.29 is 4.79 Å². The highest BCUT2D eigenvalue weighted by molar-refractivity contribution is 5.94. The van der Waals surface area contributed by atoms with Gasteiger partial charge in [-0.1, -0.05) is 6.07 Å². The van der Waals surface area contributed by atoms with Crippen molar-refractivity contribution in [2.24, 2.45) is 0 Å².